The van der Waals surface area contributed by atoms with Gasteiger partial charge in [0.05, 0.1) is 19.9 Å². The SMILES string of the molecule is C=Nc1nc(C(=N)NC(=O)O)nc(N[C@H](C)C2CCC2)c1N(CC1CCCCC1)CN1CCOCC1(C)C. The highest BCUT2D eigenvalue weighted by atomic mass is 16.5. The van der Waals surface area contributed by atoms with E-state index in [0.717, 1.165) is 31.6 Å². The Kier molecular flexibility index (Phi) is 9.19. The van der Waals surface area contributed by atoms with Gasteiger partial charge in [-0.3, -0.25) is 15.6 Å². The van der Waals surface area contributed by atoms with Crippen molar-refractivity contribution < 1.29 is 14.6 Å². The van der Waals surface area contributed by atoms with Crippen molar-refractivity contribution in [3.8, 4) is 0 Å². The number of rotatable bonds is 10. The lowest BCUT2D eigenvalue weighted by atomic mass is 9.80. The van der Waals surface area contributed by atoms with Gasteiger partial charge in [0.1, 0.15) is 5.69 Å². The summed E-state index contributed by atoms with van der Waals surface area (Å²) in [7, 11) is 0. The smallest absolute Gasteiger partial charge is 0.410 e. The molecule has 38 heavy (non-hydrogen) atoms. The predicted molar refractivity (Wildman–Crippen MR) is 150 cm³/mol. The first kappa shape index (κ1) is 28.2. The van der Waals surface area contributed by atoms with Gasteiger partial charge in [0.2, 0.25) is 0 Å². The minimum Gasteiger partial charge on any atom is -0.465 e. The number of nitrogens with zero attached hydrogens (tertiary/aromatic N) is 5. The zero-order valence-corrected chi connectivity index (χ0v) is 23.1. The molecule has 0 aromatic carbocycles. The highest BCUT2D eigenvalue weighted by Crippen LogP contribution is 2.39. The first-order valence-electron chi connectivity index (χ1n) is 14.0. The Bertz CT molecular complexity index is 1010. The van der Waals surface area contributed by atoms with Crippen molar-refractivity contribution in [2.45, 2.75) is 83.7 Å². The number of hydrogen-bond donors (Lipinski definition) is 4. The number of aromatic nitrogens is 2. The molecule has 3 fully saturated rings. The van der Waals surface area contributed by atoms with Crippen LogP contribution >= 0.6 is 0 Å². The third kappa shape index (κ3) is 6.79. The molecule has 3 aliphatic rings. The Balaban J connectivity index is 1.75. The first-order valence-corrected chi connectivity index (χ1v) is 14.0. The van der Waals surface area contributed by atoms with Crippen LogP contribution in [0, 0.1) is 17.2 Å². The fraction of sp³-hybridized carbons (Fsp3) is 0.741. The standard InChI is InChI=1S/C27H44N8O3/c1-18(20-11-8-12-20)30-24-21(23(29-4)32-25(33-24)22(28)31-26(36)37)34(15-19-9-6-5-7-10-19)17-35-13-14-38-16-27(35,2)3/h18-20H,4-17H2,1-3H3,(H2,28,31)(H,36,37)(H,30,32,33)/t18-/m1/s1. The van der Waals surface area contributed by atoms with Crippen molar-refractivity contribution in [2.24, 2.45) is 16.8 Å². The summed E-state index contributed by atoms with van der Waals surface area (Å²) in [4.78, 5) is 29.5. The number of anilines is 2. The van der Waals surface area contributed by atoms with E-state index in [0.29, 0.717) is 43.4 Å². The van der Waals surface area contributed by atoms with E-state index in [2.05, 4.69) is 57.9 Å². The van der Waals surface area contributed by atoms with Gasteiger partial charge in [-0.1, -0.05) is 25.7 Å². The number of hydrogen-bond acceptors (Lipinski definition) is 9. The summed E-state index contributed by atoms with van der Waals surface area (Å²) in [6.45, 7) is 14.0. The first-order chi connectivity index (χ1) is 18.2. The molecule has 1 aromatic heterocycles. The maximum Gasteiger partial charge on any atom is 0.410 e. The lowest BCUT2D eigenvalue weighted by Gasteiger charge is -2.46. The number of nitrogens with one attached hydrogen (secondary N) is 3. The Morgan fingerprint density at radius 2 is 2.00 bits per heavy atom. The minimum absolute atomic E-state index is 0.0221. The quantitative estimate of drug-likeness (QED) is 0.258. The summed E-state index contributed by atoms with van der Waals surface area (Å²) in [6, 6.07) is 0.167. The molecule has 4 N–H and O–H groups in total. The zero-order valence-electron chi connectivity index (χ0n) is 23.1. The molecule has 4 rings (SSSR count). The summed E-state index contributed by atoms with van der Waals surface area (Å²) in [5.74, 6) is 1.62. The molecule has 1 aromatic rings. The summed E-state index contributed by atoms with van der Waals surface area (Å²) in [5, 5.41) is 23.1. The molecule has 1 amide bonds. The third-order valence-electron chi connectivity index (χ3n) is 8.37. The number of carboxylic acid groups (broad SMARTS) is 1. The van der Waals surface area contributed by atoms with Crippen molar-refractivity contribution in [3.63, 3.8) is 0 Å². The van der Waals surface area contributed by atoms with Crippen LogP contribution in [0.2, 0.25) is 0 Å². The normalized spacial score (nSPS) is 21.2. The maximum absolute atomic E-state index is 11.2. The van der Waals surface area contributed by atoms with Crippen LogP contribution < -0.4 is 15.5 Å². The van der Waals surface area contributed by atoms with Crippen molar-refractivity contribution in [2.75, 3.05) is 43.2 Å². The Morgan fingerprint density at radius 3 is 2.61 bits per heavy atom. The number of morpholine rings is 1. The number of carbonyl (C=O) groups is 1. The van der Waals surface area contributed by atoms with E-state index in [-0.39, 0.29) is 23.2 Å². The average Bonchev–Trinajstić information content (AvgIpc) is 2.83. The molecular formula is C27H44N8O3. The van der Waals surface area contributed by atoms with E-state index in [1.807, 2.05) is 0 Å². The summed E-state index contributed by atoms with van der Waals surface area (Å²) in [5.41, 5.74) is 0.636. The third-order valence-corrected chi connectivity index (χ3v) is 8.37. The molecule has 2 aliphatic carbocycles. The van der Waals surface area contributed by atoms with Gasteiger partial charge in [-0.05, 0) is 65.0 Å². The Morgan fingerprint density at radius 1 is 1.26 bits per heavy atom. The van der Waals surface area contributed by atoms with Crippen LogP contribution in [0.4, 0.5) is 22.1 Å². The largest absolute Gasteiger partial charge is 0.465 e. The van der Waals surface area contributed by atoms with Crippen LogP contribution in [0.1, 0.15) is 78.0 Å². The minimum atomic E-state index is -1.33. The molecule has 1 aliphatic heterocycles. The van der Waals surface area contributed by atoms with Crippen LogP contribution in [0.3, 0.4) is 0 Å². The van der Waals surface area contributed by atoms with E-state index in [9.17, 15) is 9.90 Å². The molecular weight excluding hydrogens is 484 g/mol. The molecule has 210 valence electrons. The second-order valence-electron chi connectivity index (χ2n) is 11.7. The van der Waals surface area contributed by atoms with E-state index in [1.54, 1.807) is 0 Å². The summed E-state index contributed by atoms with van der Waals surface area (Å²) in [6.07, 6.45) is 8.37. The monoisotopic (exact) mass is 528 g/mol. The second kappa shape index (κ2) is 12.4. The lowest BCUT2D eigenvalue weighted by molar-refractivity contribution is -0.0508. The van der Waals surface area contributed by atoms with E-state index in [1.165, 1.54) is 38.5 Å². The highest BCUT2D eigenvalue weighted by molar-refractivity contribution is 6.02. The molecule has 0 unspecified atom stereocenters. The van der Waals surface area contributed by atoms with Crippen molar-refractivity contribution in [3.05, 3.63) is 5.82 Å². The lowest BCUT2D eigenvalue weighted by Crippen LogP contribution is -2.57. The number of amidine groups is 1. The predicted octanol–water partition coefficient (Wildman–Crippen LogP) is 4.46. The van der Waals surface area contributed by atoms with Crippen LogP contribution in [0.5, 0.6) is 0 Å². The van der Waals surface area contributed by atoms with Gasteiger partial charge >= 0.3 is 6.09 Å². The van der Waals surface area contributed by atoms with E-state index < -0.39 is 6.09 Å². The zero-order chi connectivity index (χ0) is 27.3. The van der Waals surface area contributed by atoms with Gasteiger partial charge in [-0.2, -0.15) is 0 Å². The van der Waals surface area contributed by atoms with Crippen LogP contribution in [0.15, 0.2) is 4.99 Å². The van der Waals surface area contributed by atoms with Crippen molar-refractivity contribution >= 4 is 36.0 Å². The molecule has 0 spiro atoms. The Hall–Kier alpha value is -2.79. The topological polar surface area (TPSA) is 139 Å². The number of ether oxygens (including phenoxy) is 1. The average molecular weight is 529 g/mol. The Labute approximate surface area is 226 Å². The fourth-order valence-electron chi connectivity index (χ4n) is 5.75. The molecule has 0 radical (unpaired) electrons. The fourth-order valence-corrected chi connectivity index (χ4v) is 5.75. The molecule has 2 saturated carbocycles. The van der Waals surface area contributed by atoms with Crippen LogP contribution in [-0.2, 0) is 4.74 Å². The number of aliphatic imine (C=N–C) groups is 1. The summed E-state index contributed by atoms with van der Waals surface area (Å²) < 4.78 is 5.79. The molecule has 0 bridgehead atoms. The van der Waals surface area contributed by atoms with Gasteiger partial charge in [0.15, 0.2) is 23.3 Å². The van der Waals surface area contributed by atoms with E-state index in [4.69, 9.17) is 15.1 Å². The van der Waals surface area contributed by atoms with Gasteiger partial charge in [-0.15, -0.1) is 0 Å². The van der Waals surface area contributed by atoms with Gasteiger partial charge in [0, 0.05) is 24.7 Å². The van der Waals surface area contributed by atoms with Gasteiger partial charge in [-0.25, -0.2) is 19.8 Å². The van der Waals surface area contributed by atoms with Crippen molar-refractivity contribution in [1.82, 2.24) is 20.2 Å². The van der Waals surface area contributed by atoms with Crippen LogP contribution in [0.25, 0.3) is 0 Å². The second-order valence-corrected chi connectivity index (χ2v) is 11.7. The molecule has 1 saturated heterocycles. The highest BCUT2D eigenvalue weighted by Gasteiger charge is 2.35. The van der Waals surface area contributed by atoms with Gasteiger partial charge in [0.25, 0.3) is 0 Å². The van der Waals surface area contributed by atoms with Crippen molar-refractivity contribution in [1.29, 1.82) is 5.41 Å². The summed E-state index contributed by atoms with van der Waals surface area (Å²) >= 11 is 0. The molecule has 2 heterocycles. The van der Waals surface area contributed by atoms with E-state index >= 15 is 0 Å². The number of amides is 1. The van der Waals surface area contributed by atoms with Gasteiger partial charge < -0.3 is 20.1 Å². The molecule has 11 heteroatoms. The maximum atomic E-state index is 11.2. The molecule has 1 atom stereocenters. The molecule has 11 nitrogen and oxygen atoms in total. The van der Waals surface area contributed by atoms with Crippen LogP contribution in [-0.4, -0.2) is 83.2 Å².